The second kappa shape index (κ2) is 4.54. The number of hydrogen-bond acceptors (Lipinski definition) is 4. The van der Waals surface area contributed by atoms with Gasteiger partial charge in [-0.3, -0.25) is 0 Å². The van der Waals surface area contributed by atoms with Gasteiger partial charge >= 0.3 is 93.9 Å². The fourth-order valence-corrected chi connectivity index (χ4v) is 2.69. The fourth-order valence-electron chi connectivity index (χ4n) is 1.08. The molecule has 0 aliphatic heterocycles. The molecule has 1 rings (SSSR count). The average Bonchev–Trinajstić information content (AvgIpc) is 2.15. The number of carboxylic acids is 1. The number of benzene rings is 1. The number of carbonyl (C=O) groups is 1. The topological polar surface area (TPSA) is 143 Å². The molecular formula is C7H8NO7Sb. The fraction of sp³-hybridized carbons (Fsp3) is 0. The van der Waals surface area contributed by atoms with E-state index in [9.17, 15) is 13.0 Å². The summed E-state index contributed by atoms with van der Waals surface area (Å²) in [7, 11) is 0. The van der Waals surface area contributed by atoms with Crippen molar-refractivity contribution in [3.63, 3.8) is 0 Å². The summed E-state index contributed by atoms with van der Waals surface area (Å²) < 4.78 is 28.3. The van der Waals surface area contributed by atoms with Gasteiger partial charge in [0.2, 0.25) is 0 Å². The van der Waals surface area contributed by atoms with Crippen LogP contribution in [0, 0.1) is 5.21 Å². The van der Waals surface area contributed by atoms with Crippen molar-refractivity contribution in [1.29, 1.82) is 0 Å². The first kappa shape index (κ1) is 13.2. The van der Waals surface area contributed by atoms with Crippen molar-refractivity contribution < 1.29 is 30.1 Å². The molecule has 16 heavy (non-hydrogen) atoms. The molecule has 0 aromatic heterocycles. The number of nitrogens with one attached hydrogen (secondary N) is 1. The van der Waals surface area contributed by atoms with Gasteiger partial charge in [0.25, 0.3) is 0 Å². The minimum absolute atomic E-state index is 0.444. The molecule has 1 atom stereocenters. The Kier molecular flexibility index (Phi) is 3.74. The van der Waals surface area contributed by atoms with E-state index in [4.69, 9.17) is 17.1 Å². The van der Waals surface area contributed by atoms with Crippen LogP contribution < -0.4 is 8.74 Å². The Balaban J connectivity index is 3.40. The molecule has 0 heterocycles. The minimum atomic E-state index is -5.50. The van der Waals surface area contributed by atoms with Gasteiger partial charge < -0.3 is 0 Å². The molecule has 9 heteroatoms. The number of hydrogen-bond donors (Lipinski definition) is 5. The van der Waals surface area contributed by atoms with Gasteiger partial charge in [-0.1, -0.05) is 0 Å². The number of rotatable bonds is 3. The van der Waals surface area contributed by atoms with Crippen LogP contribution in [0.2, 0.25) is 0 Å². The molecule has 0 saturated heterocycles. The van der Waals surface area contributed by atoms with E-state index in [2.05, 4.69) is 0 Å². The summed E-state index contributed by atoms with van der Waals surface area (Å²) in [6.07, 6.45) is 0. The Labute approximate surface area is 94.0 Å². The second-order valence-corrected chi connectivity index (χ2v) is 7.46. The first-order valence-corrected chi connectivity index (χ1v) is 8.50. The van der Waals surface area contributed by atoms with Gasteiger partial charge in [-0.05, 0) is 0 Å². The molecule has 0 fully saturated rings. The van der Waals surface area contributed by atoms with Crippen LogP contribution in [-0.2, 0) is 3.02 Å². The predicted molar refractivity (Wildman–Crippen MR) is 49.7 cm³/mol. The average molecular weight is 340 g/mol. The Bertz CT molecular complexity index is 466. The summed E-state index contributed by atoms with van der Waals surface area (Å²) in [6, 6.07) is 2.49. The summed E-state index contributed by atoms with van der Waals surface area (Å²) in [5, 5.41) is 26.5. The van der Waals surface area contributed by atoms with Crippen LogP contribution in [0.4, 0.5) is 5.69 Å². The molecule has 0 bridgehead atoms. The number of quaternary nitrogens is 1. The molecule has 8 nitrogen and oxygen atoms in total. The quantitative estimate of drug-likeness (QED) is 0.299. The van der Waals surface area contributed by atoms with Crippen LogP contribution in [0.3, 0.4) is 0 Å². The maximum atomic E-state index is 10.9. The number of carboxylic acid groups (broad SMARTS) is 1. The summed E-state index contributed by atoms with van der Waals surface area (Å²) in [5.41, 5.74) is -1.15. The molecule has 1 aromatic carbocycles. The Morgan fingerprint density at radius 2 is 1.94 bits per heavy atom. The van der Waals surface area contributed by atoms with Gasteiger partial charge in [0.05, 0.1) is 0 Å². The van der Waals surface area contributed by atoms with Crippen molar-refractivity contribution in [2.24, 2.45) is 0 Å². The van der Waals surface area contributed by atoms with Crippen molar-refractivity contribution in [2.75, 3.05) is 0 Å². The molecule has 1 aromatic rings. The van der Waals surface area contributed by atoms with Gasteiger partial charge in [-0.15, -0.1) is 0 Å². The third-order valence-corrected chi connectivity index (χ3v) is 4.51. The second-order valence-electron chi connectivity index (χ2n) is 2.88. The Morgan fingerprint density at radius 1 is 1.38 bits per heavy atom. The van der Waals surface area contributed by atoms with Gasteiger partial charge in [0.1, 0.15) is 0 Å². The van der Waals surface area contributed by atoms with E-state index in [1.807, 2.05) is 0 Å². The molecule has 88 valence electrons. The SMILES string of the molecule is O=C(O)c1cc[c]([Sb](=[O])([OH])[OH])cc1[NH+]([O-])O. The van der Waals surface area contributed by atoms with Crippen LogP contribution >= 0.6 is 0 Å². The molecule has 0 spiro atoms. The van der Waals surface area contributed by atoms with E-state index < -0.39 is 45.6 Å². The predicted octanol–water partition coefficient (Wildman–Crippen LogP) is -2.65. The van der Waals surface area contributed by atoms with Crippen molar-refractivity contribution in [3.05, 3.63) is 29.0 Å². The molecule has 0 radical (unpaired) electrons. The molecule has 5 N–H and O–H groups in total. The normalized spacial score (nSPS) is 13.5. The Morgan fingerprint density at radius 3 is 2.31 bits per heavy atom. The summed E-state index contributed by atoms with van der Waals surface area (Å²) in [5.74, 6) is -1.47. The zero-order chi connectivity index (χ0) is 12.5. The third-order valence-electron chi connectivity index (χ3n) is 1.80. The van der Waals surface area contributed by atoms with Crippen LogP contribution in [0.1, 0.15) is 10.4 Å². The standard InChI is InChI=1S/C7H6NO4.2H2O.O.Sb/c9-7(10)5-3-1-2-4-6(5)8(11)12;;;;/h1,3-4,8,11H,(H,9,10);2*1H2;;/q;;;;+2/p-2. The van der Waals surface area contributed by atoms with E-state index >= 15 is 0 Å². The van der Waals surface area contributed by atoms with Crippen molar-refractivity contribution in [1.82, 2.24) is 0 Å². The van der Waals surface area contributed by atoms with Gasteiger partial charge in [0, 0.05) is 0 Å². The zero-order valence-electron chi connectivity index (χ0n) is 7.69. The zero-order valence-corrected chi connectivity index (χ0v) is 10.2. The Hall–Kier alpha value is -0.892. The van der Waals surface area contributed by atoms with Crippen molar-refractivity contribution in [3.8, 4) is 0 Å². The summed E-state index contributed by atoms with van der Waals surface area (Å²) in [4.78, 5) is 10.6. The van der Waals surface area contributed by atoms with E-state index in [1.165, 1.54) is 0 Å². The van der Waals surface area contributed by atoms with Crippen LogP contribution in [0.15, 0.2) is 18.2 Å². The molecule has 0 saturated carbocycles. The van der Waals surface area contributed by atoms with Crippen molar-refractivity contribution in [2.45, 2.75) is 0 Å². The summed E-state index contributed by atoms with van der Waals surface area (Å²) >= 11 is -5.50. The van der Waals surface area contributed by atoms with E-state index in [0.717, 1.165) is 12.1 Å². The van der Waals surface area contributed by atoms with Crippen LogP contribution in [0.5, 0.6) is 0 Å². The molecular weight excluding hydrogens is 332 g/mol. The number of aromatic carboxylic acids is 1. The molecule has 0 aliphatic rings. The molecule has 0 aliphatic carbocycles. The molecule has 0 amide bonds. The van der Waals surface area contributed by atoms with Gasteiger partial charge in [0.15, 0.2) is 0 Å². The first-order chi connectivity index (χ1) is 7.23. The summed E-state index contributed by atoms with van der Waals surface area (Å²) in [6.45, 7) is 0. The molecule has 1 unspecified atom stereocenters. The third kappa shape index (κ3) is 2.82. The van der Waals surface area contributed by atoms with E-state index in [0.29, 0.717) is 6.07 Å². The monoisotopic (exact) mass is 339 g/mol. The van der Waals surface area contributed by atoms with Crippen LogP contribution in [-0.4, -0.2) is 42.7 Å². The van der Waals surface area contributed by atoms with Gasteiger partial charge in [-0.25, -0.2) is 0 Å². The first-order valence-electron chi connectivity index (χ1n) is 3.90. The van der Waals surface area contributed by atoms with E-state index in [1.54, 1.807) is 0 Å². The van der Waals surface area contributed by atoms with Crippen molar-refractivity contribution >= 4 is 34.8 Å². The van der Waals surface area contributed by atoms with E-state index in [-0.39, 0.29) is 0 Å². The van der Waals surface area contributed by atoms with Crippen LogP contribution in [0.25, 0.3) is 0 Å². The maximum absolute atomic E-state index is 10.9. The van der Waals surface area contributed by atoms with Gasteiger partial charge in [-0.2, -0.15) is 0 Å².